The number of nitrogens with zero attached hydrogens (tertiary/aromatic N) is 2. The largest absolute Gasteiger partial charge is 0.497 e. The molecule has 3 N–H and O–H groups in total. The van der Waals surface area contributed by atoms with E-state index in [-0.39, 0.29) is 12.5 Å². The van der Waals surface area contributed by atoms with Gasteiger partial charge in [0, 0.05) is 40.4 Å². The molecule has 5 rings (SSSR count). The second-order valence-electron chi connectivity index (χ2n) is 8.53. The lowest BCUT2D eigenvalue weighted by atomic mass is 10.0. The fourth-order valence-electron chi connectivity index (χ4n) is 4.07. The van der Waals surface area contributed by atoms with Crippen LogP contribution in [0.4, 0.5) is 16.2 Å². The Morgan fingerprint density at radius 2 is 1.66 bits per heavy atom. The van der Waals surface area contributed by atoms with Crippen molar-refractivity contribution in [3.8, 4) is 28.1 Å². The van der Waals surface area contributed by atoms with Crippen LogP contribution in [0.1, 0.15) is 12.0 Å². The normalized spacial score (nSPS) is 10.8. The molecule has 0 aliphatic carbocycles. The number of benzene rings is 3. The molecule has 0 bridgehead atoms. The van der Waals surface area contributed by atoms with Crippen LogP contribution in [0.2, 0.25) is 0 Å². The minimum absolute atomic E-state index is 0.110. The van der Waals surface area contributed by atoms with Gasteiger partial charge in [-0.25, -0.2) is 14.8 Å². The first-order valence-corrected chi connectivity index (χ1v) is 12.7. The van der Waals surface area contributed by atoms with Gasteiger partial charge in [0.25, 0.3) is 0 Å². The number of aryl methyl sites for hydroxylation is 1. The minimum atomic E-state index is -0.803. The standard InChI is InChI=1S/C29H24N4O4S/c1-37-23-4-2-3-22(15-23)33-29(36)32-21-12-10-20(11-13-21)26-28-27(31-17-30-26)24(16-38-28)19-8-5-18(6-9-19)7-14-25(34)35/h2-6,8-13,15-17H,7,14H2,1H3,(H,34,35)(H2,32,33,36). The summed E-state index contributed by atoms with van der Waals surface area (Å²) < 4.78 is 6.16. The average molecular weight is 525 g/mol. The highest BCUT2D eigenvalue weighted by atomic mass is 32.1. The van der Waals surface area contributed by atoms with Crippen molar-refractivity contribution in [2.75, 3.05) is 17.7 Å². The molecule has 8 nitrogen and oxygen atoms in total. The summed E-state index contributed by atoms with van der Waals surface area (Å²) in [6, 6.07) is 22.2. The number of ether oxygens (including phenoxy) is 1. The number of carboxylic acid groups (broad SMARTS) is 1. The molecule has 0 saturated carbocycles. The highest BCUT2D eigenvalue weighted by Gasteiger charge is 2.14. The monoisotopic (exact) mass is 524 g/mol. The number of carbonyl (C=O) groups excluding carboxylic acids is 1. The molecule has 0 atom stereocenters. The lowest BCUT2D eigenvalue weighted by Gasteiger charge is -2.09. The molecule has 2 heterocycles. The van der Waals surface area contributed by atoms with Gasteiger partial charge in [-0.2, -0.15) is 0 Å². The third kappa shape index (κ3) is 5.63. The Morgan fingerprint density at radius 1 is 0.921 bits per heavy atom. The van der Waals surface area contributed by atoms with Gasteiger partial charge in [-0.1, -0.05) is 42.5 Å². The van der Waals surface area contributed by atoms with E-state index in [4.69, 9.17) is 9.84 Å². The van der Waals surface area contributed by atoms with Crippen LogP contribution < -0.4 is 15.4 Å². The highest BCUT2D eigenvalue weighted by Crippen LogP contribution is 2.37. The average Bonchev–Trinajstić information content (AvgIpc) is 3.37. The number of hydrogen-bond acceptors (Lipinski definition) is 6. The van der Waals surface area contributed by atoms with Gasteiger partial charge in [0.1, 0.15) is 12.1 Å². The number of hydrogen-bond donors (Lipinski definition) is 3. The summed E-state index contributed by atoms with van der Waals surface area (Å²) >= 11 is 1.57. The Hall–Kier alpha value is -4.76. The van der Waals surface area contributed by atoms with Crippen molar-refractivity contribution in [1.82, 2.24) is 9.97 Å². The number of thiophene rings is 1. The van der Waals surface area contributed by atoms with Crippen molar-refractivity contribution in [1.29, 1.82) is 0 Å². The van der Waals surface area contributed by atoms with Gasteiger partial charge in [-0.05, 0) is 41.8 Å². The quantitative estimate of drug-likeness (QED) is 0.208. The lowest BCUT2D eigenvalue weighted by Crippen LogP contribution is -2.19. The predicted molar refractivity (Wildman–Crippen MR) is 150 cm³/mol. The minimum Gasteiger partial charge on any atom is -0.497 e. The van der Waals surface area contributed by atoms with Crippen molar-refractivity contribution < 1.29 is 19.4 Å². The first kappa shape index (κ1) is 24.9. The van der Waals surface area contributed by atoms with Crippen LogP contribution in [0.25, 0.3) is 32.6 Å². The molecular formula is C29H24N4O4S. The zero-order chi connectivity index (χ0) is 26.5. The Kier molecular flexibility index (Phi) is 7.28. The van der Waals surface area contributed by atoms with E-state index >= 15 is 0 Å². The van der Waals surface area contributed by atoms with E-state index in [1.165, 1.54) is 0 Å². The molecule has 5 aromatic rings. The van der Waals surface area contributed by atoms with Crippen LogP contribution in [0, 0.1) is 0 Å². The van der Waals surface area contributed by atoms with Crippen LogP contribution in [0.3, 0.4) is 0 Å². The molecule has 0 spiro atoms. The number of aliphatic carboxylic acids is 1. The smallest absolute Gasteiger partial charge is 0.323 e. The van der Waals surface area contributed by atoms with E-state index in [1.807, 2.05) is 54.6 Å². The van der Waals surface area contributed by atoms with Crippen LogP contribution in [0.15, 0.2) is 84.5 Å². The molecule has 0 radical (unpaired) electrons. The lowest BCUT2D eigenvalue weighted by molar-refractivity contribution is -0.136. The highest BCUT2D eigenvalue weighted by molar-refractivity contribution is 7.18. The Bertz CT molecular complexity index is 1600. The predicted octanol–water partition coefficient (Wildman–Crippen LogP) is 6.70. The van der Waals surface area contributed by atoms with Crippen molar-refractivity contribution in [2.24, 2.45) is 0 Å². The maximum absolute atomic E-state index is 12.4. The van der Waals surface area contributed by atoms with E-state index in [2.05, 4.69) is 26.0 Å². The molecule has 2 aromatic heterocycles. The molecule has 0 unspecified atom stereocenters. The van der Waals surface area contributed by atoms with E-state index in [1.54, 1.807) is 43.0 Å². The van der Waals surface area contributed by atoms with Gasteiger partial charge in [0.15, 0.2) is 0 Å². The zero-order valence-corrected chi connectivity index (χ0v) is 21.3. The number of methoxy groups -OCH3 is 1. The number of aromatic nitrogens is 2. The van der Waals surface area contributed by atoms with E-state index in [0.717, 1.165) is 38.2 Å². The molecule has 3 aromatic carbocycles. The first-order chi connectivity index (χ1) is 18.5. The Labute approximate surface area is 223 Å². The third-order valence-electron chi connectivity index (χ3n) is 5.99. The fraction of sp³-hybridized carbons (Fsp3) is 0.103. The summed E-state index contributed by atoms with van der Waals surface area (Å²) in [5, 5.41) is 16.6. The maximum Gasteiger partial charge on any atom is 0.323 e. The van der Waals surface area contributed by atoms with Gasteiger partial charge in [0.05, 0.1) is 23.0 Å². The number of carbonyl (C=O) groups is 2. The van der Waals surface area contributed by atoms with Crippen LogP contribution in [-0.4, -0.2) is 34.2 Å². The SMILES string of the molecule is COc1cccc(NC(=O)Nc2ccc(-c3ncnc4c(-c5ccc(CCC(=O)O)cc5)csc34)cc2)c1. The molecule has 0 fully saturated rings. The number of carboxylic acids is 1. The number of nitrogens with one attached hydrogen (secondary N) is 2. The van der Waals surface area contributed by atoms with Crippen LogP contribution in [-0.2, 0) is 11.2 Å². The van der Waals surface area contributed by atoms with Crippen molar-refractivity contribution in [3.05, 3.63) is 90.1 Å². The van der Waals surface area contributed by atoms with Crippen LogP contribution in [0.5, 0.6) is 5.75 Å². The van der Waals surface area contributed by atoms with E-state index in [9.17, 15) is 9.59 Å². The molecular weight excluding hydrogens is 500 g/mol. The maximum atomic E-state index is 12.4. The topological polar surface area (TPSA) is 113 Å². The van der Waals surface area contributed by atoms with Crippen molar-refractivity contribution in [3.63, 3.8) is 0 Å². The summed E-state index contributed by atoms with van der Waals surface area (Å²) in [5.41, 5.74) is 6.87. The van der Waals surface area contributed by atoms with E-state index < -0.39 is 5.97 Å². The third-order valence-corrected chi connectivity index (χ3v) is 6.97. The molecule has 0 aliphatic rings. The van der Waals surface area contributed by atoms with Gasteiger partial charge in [-0.15, -0.1) is 11.3 Å². The summed E-state index contributed by atoms with van der Waals surface area (Å²) in [6.45, 7) is 0. The number of anilines is 2. The Balaban J connectivity index is 1.32. The molecule has 190 valence electrons. The van der Waals surface area contributed by atoms with Crippen molar-refractivity contribution >= 4 is 44.9 Å². The van der Waals surface area contributed by atoms with Gasteiger partial charge < -0.3 is 20.5 Å². The molecule has 0 aliphatic heterocycles. The summed E-state index contributed by atoms with van der Waals surface area (Å²) in [7, 11) is 1.58. The molecule has 38 heavy (non-hydrogen) atoms. The molecule has 0 saturated heterocycles. The molecule has 2 amide bonds. The summed E-state index contributed by atoms with van der Waals surface area (Å²) in [6.07, 6.45) is 2.17. The zero-order valence-electron chi connectivity index (χ0n) is 20.5. The number of fused-ring (bicyclic) bond motifs is 1. The first-order valence-electron chi connectivity index (χ1n) is 11.9. The fourth-order valence-corrected chi connectivity index (χ4v) is 5.11. The van der Waals surface area contributed by atoms with Crippen LogP contribution >= 0.6 is 11.3 Å². The van der Waals surface area contributed by atoms with Gasteiger partial charge in [-0.3, -0.25) is 4.79 Å². The number of urea groups is 1. The van der Waals surface area contributed by atoms with E-state index in [0.29, 0.717) is 23.5 Å². The van der Waals surface area contributed by atoms with Gasteiger partial charge >= 0.3 is 12.0 Å². The van der Waals surface area contributed by atoms with Crippen molar-refractivity contribution in [2.45, 2.75) is 12.8 Å². The number of amides is 2. The molecule has 9 heteroatoms. The summed E-state index contributed by atoms with van der Waals surface area (Å²) in [5.74, 6) is -0.143. The number of rotatable bonds is 8. The second-order valence-corrected chi connectivity index (χ2v) is 9.41. The Morgan fingerprint density at radius 3 is 2.39 bits per heavy atom. The second kappa shape index (κ2) is 11.1. The van der Waals surface area contributed by atoms with Gasteiger partial charge in [0.2, 0.25) is 0 Å². The summed E-state index contributed by atoms with van der Waals surface area (Å²) in [4.78, 5) is 32.3.